The number of benzene rings is 1. The molecule has 1 saturated heterocycles. The number of pyridine rings is 1. The van der Waals surface area contributed by atoms with Crippen molar-refractivity contribution in [3.63, 3.8) is 0 Å². The Labute approximate surface area is 155 Å². The first-order valence-corrected chi connectivity index (χ1v) is 10.4. The molecule has 26 heavy (non-hydrogen) atoms. The molecule has 140 valence electrons. The van der Waals surface area contributed by atoms with E-state index in [9.17, 15) is 8.42 Å². The Kier molecular flexibility index (Phi) is 5.90. The minimum Gasteiger partial charge on any atom is -0.367 e. The van der Waals surface area contributed by atoms with Gasteiger partial charge >= 0.3 is 0 Å². The number of sulfonamides is 1. The second-order valence-electron chi connectivity index (χ2n) is 6.71. The minimum atomic E-state index is -3.44. The van der Waals surface area contributed by atoms with Crippen molar-refractivity contribution in [2.45, 2.75) is 37.2 Å². The van der Waals surface area contributed by atoms with Crippen LogP contribution in [0.5, 0.6) is 0 Å². The Hall–Kier alpha value is -1.96. The molecule has 1 aliphatic heterocycles. The number of nitrogens with zero attached hydrogens (tertiary/aromatic N) is 2. The van der Waals surface area contributed by atoms with E-state index < -0.39 is 10.0 Å². The fraction of sp³-hybridized carbons (Fsp3) is 0.421. The number of hydrogen-bond acceptors (Lipinski definition) is 5. The molecule has 1 aliphatic rings. The molecule has 2 heterocycles. The molecular weight excluding hydrogens is 348 g/mol. The molecule has 6 nitrogen and oxygen atoms in total. The van der Waals surface area contributed by atoms with Gasteiger partial charge in [-0.15, -0.1) is 0 Å². The SMILES string of the molecule is CNS(=O)(=O)c1ccc(NC2CCN(Cc3ccccc3C)CC2)nc1. The molecule has 1 fully saturated rings. The van der Waals surface area contributed by atoms with Gasteiger partial charge in [0.1, 0.15) is 10.7 Å². The molecule has 3 rings (SSSR count). The third-order valence-corrected chi connectivity index (χ3v) is 6.31. The van der Waals surface area contributed by atoms with E-state index in [0.29, 0.717) is 6.04 Å². The summed E-state index contributed by atoms with van der Waals surface area (Å²) < 4.78 is 25.8. The van der Waals surface area contributed by atoms with Gasteiger partial charge in [0.05, 0.1) is 0 Å². The molecule has 1 aromatic heterocycles. The number of aromatic nitrogens is 1. The third kappa shape index (κ3) is 4.60. The van der Waals surface area contributed by atoms with Crippen LogP contribution in [0.3, 0.4) is 0 Å². The van der Waals surface area contributed by atoms with E-state index >= 15 is 0 Å². The maximum atomic E-state index is 11.7. The molecule has 0 saturated carbocycles. The van der Waals surface area contributed by atoms with Crippen LogP contribution in [0.4, 0.5) is 5.82 Å². The Morgan fingerprint density at radius 3 is 2.50 bits per heavy atom. The second kappa shape index (κ2) is 8.16. The van der Waals surface area contributed by atoms with Crippen LogP contribution in [0.2, 0.25) is 0 Å². The zero-order valence-corrected chi connectivity index (χ0v) is 16.1. The van der Waals surface area contributed by atoms with Gasteiger partial charge in [0.2, 0.25) is 10.0 Å². The number of piperidine rings is 1. The predicted octanol–water partition coefficient (Wildman–Crippen LogP) is 2.37. The summed E-state index contributed by atoms with van der Waals surface area (Å²) in [7, 11) is -2.04. The molecule has 0 atom stereocenters. The van der Waals surface area contributed by atoms with Crippen molar-refractivity contribution in [3.8, 4) is 0 Å². The molecule has 0 aliphatic carbocycles. The van der Waals surface area contributed by atoms with Crippen LogP contribution in [-0.4, -0.2) is 44.5 Å². The molecule has 0 spiro atoms. The van der Waals surface area contributed by atoms with Gasteiger partial charge in [-0.3, -0.25) is 4.90 Å². The van der Waals surface area contributed by atoms with Crippen molar-refractivity contribution < 1.29 is 8.42 Å². The largest absolute Gasteiger partial charge is 0.367 e. The zero-order valence-electron chi connectivity index (χ0n) is 15.3. The van der Waals surface area contributed by atoms with E-state index in [-0.39, 0.29) is 4.90 Å². The molecule has 2 aromatic rings. The number of anilines is 1. The van der Waals surface area contributed by atoms with Crippen molar-refractivity contribution in [1.82, 2.24) is 14.6 Å². The highest BCUT2D eigenvalue weighted by Crippen LogP contribution is 2.19. The van der Waals surface area contributed by atoms with Crippen molar-refractivity contribution >= 4 is 15.8 Å². The number of aryl methyl sites for hydroxylation is 1. The molecule has 0 radical (unpaired) electrons. The van der Waals surface area contributed by atoms with E-state index in [1.165, 1.54) is 24.4 Å². The summed E-state index contributed by atoms with van der Waals surface area (Å²) >= 11 is 0. The van der Waals surface area contributed by atoms with Crippen LogP contribution in [0.25, 0.3) is 0 Å². The summed E-state index contributed by atoms with van der Waals surface area (Å²) in [5.41, 5.74) is 2.73. The first-order chi connectivity index (χ1) is 12.5. The second-order valence-corrected chi connectivity index (χ2v) is 8.59. The molecule has 0 bridgehead atoms. The molecule has 2 N–H and O–H groups in total. The highest BCUT2D eigenvalue weighted by atomic mass is 32.2. The number of likely N-dealkylation sites (tertiary alicyclic amines) is 1. The Balaban J connectivity index is 1.52. The monoisotopic (exact) mass is 374 g/mol. The quantitative estimate of drug-likeness (QED) is 0.812. The maximum absolute atomic E-state index is 11.7. The van der Waals surface area contributed by atoms with Crippen LogP contribution in [-0.2, 0) is 16.6 Å². The molecule has 1 aromatic carbocycles. The maximum Gasteiger partial charge on any atom is 0.241 e. The van der Waals surface area contributed by atoms with Gasteiger partial charge in [0.15, 0.2) is 0 Å². The van der Waals surface area contributed by atoms with Crippen LogP contribution in [0.15, 0.2) is 47.5 Å². The smallest absolute Gasteiger partial charge is 0.241 e. The number of hydrogen-bond donors (Lipinski definition) is 2. The lowest BCUT2D eigenvalue weighted by Crippen LogP contribution is -2.38. The summed E-state index contributed by atoms with van der Waals surface area (Å²) in [6, 6.07) is 12.2. The fourth-order valence-electron chi connectivity index (χ4n) is 3.22. The molecular formula is C19H26N4O2S. The van der Waals surface area contributed by atoms with Crippen LogP contribution in [0.1, 0.15) is 24.0 Å². The minimum absolute atomic E-state index is 0.179. The lowest BCUT2D eigenvalue weighted by Gasteiger charge is -2.33. The summed E-state index contributed by atoms with van der Waals surface area (Å²) in [5.74, 6) is 0.720. The normalized spacial score (nSPS) is 16.5. The average Bonchev–Trinajstić information content (AvgIpc) is 2.66. The van der Waals surface area contributed by atoms with E-state index in [4.69, 9.17) is 0 Å². The fourth-order valence-corrected chi connectivity index (χ4v) is 3.89. The Bertz CT molecular complexity index is 829. The van der Waals surface area contributed by atoms with Crippen molar-refractivity contribution in [2.75, 3.05) is 25.5 Å². The van der Waals surface area contributed by atoms with Gasteiger partial charge in [0.25, 0.3) is 0 Å². The van der Waals surface area contributed by atoms with Crippen molar-refractivity contribution in [3.05, 3.63) is 53.7 Å². The number of rotatable bonds is 6. The van der Waals surface area contributed by atoms with Crippen molar-refractivity contribution in [1.29, 1.82) is 0 Å². The van der Waals surface area contributed by atoms with Crippen LogP contribution >= 0.6 is 0 Å². The van der Waals surface area contributed by atoms with Gasteiger partial charge in [-0.25, -0.2) is 18.1 Å². The predicted molar refractivity (Wildman–Crippen MR) is 104 cm³/mol. The summed E-state index contributed by atoms with van der Waals surface area (Å²) in [4.78, 5) is 6.90. The lowest BCUT2D eigenvalue weighted by atomic mass is 10.0. The highest BCUT2D eigenvalue weighted by molar-refractivity contribution is 7.89. The van der Waals surface area contributed by atoms with Crippen LogP contribution in [0, 0.1) is 6.92 Å². The lowest BCUT2D eigenvalue weighted by molar-refractivity contribution is 0.211. The first-order valence-electron chi connectivity index (χ1n) is 8.91. The number of nitrogens with one attached hydrogen (secondary N) is 2. The van der Waals surface area contributed by atoms with Gasteiger partial charge in [-0.2, -0.15) is 0 Å². The molecule has 0 amide bonds. The Morgan fingerprint density at radius 2 is 1.88 bits per heavy atom. The highest BCUT2D eigenvalue weighted by Gasteiger charge is 2.20. The summed E-state index contributed by atoms with van der Waals surface area (Å²) in [6.45, 7) is 5.23. The van der Waals surface area contributed by atoms with Gasteiger partial charge in [0, 0.05) is 31.9 Å². The van der Waals surface area contributed by atoms with Crippen LogP contribution < -0.4 is 10.0 Å². The van der Waals surface area contributed by atoms with Gasteiger partial charge < -0.3 is 5.32 Å². The molecule has 0 unspecified atom stereocenters. The molecule has 7 heteroatoms. The van der Waals surface area contributed by atoms with Crippen molar-refractivity contribution in [2.24, 2.45) is 0 Å². The average molecular weight is 375 g/mol. The zero-order chi connectivity index (χ0) is 18.6. The third-order valence-electron chi connectivity index (χ3n) is 4.91. The van der Waals surface area contributed by atoms with E-state index in [2.05, 4.69) is 51.1 Å². The summed E-state index contributed by atoms with van der Waals surface area (Å²) in [6.07, 6.45) is 3.48. The van der Waals surface area contributed by atoms with E-state index in [1.807, 2.05) is 0 Å². The van der Waals surface area contributed by atoms with Gasteiger partial charge in [-0.05, 0) is 50.1 Å². The first kappa shape index (κ1) is 18.8. The standard InChI is InChI=1S/C19H26N4O2S/c1-15-5-3-4-6-16(15)14-23-11-9-17(10-12-23)22-19-8-7-18(13-21-19)26(24,25)20-2/h3-8,13,17,20H,9-12,14H2,1-2H3,(H,21,22). The topological polar surface area (TPSA) is 74.3 Å². The van der Waals surface area contributed by atoms with Gasteiger partial charge in [-0.1, -0.05) is 24.3 Å². The van der Waals surface area contributed by atoms with E-state index in [0.717, 1.165) is 38.3 Å². The summed E-state index contributed by atoms with van der Waals surface area (Å²) in [5, 5.41) is 3.42. The van der Waals surface area contributed by atoms with E-state index in [1.54, 1.807) is 12.1 Å². The Morgan fingerprint density at radius 1 is 1.15 bits per heavy atom.